The zero-order valence-electron chi connectivity index (χ0n) is 14.2. The summed E-state index contributed by atoms with van der Waals surface area (Å²) in [6.45, 7) is 4.80. The SMILES string of the molecule is COc1cc(F)c([N+](=O)[O-])c(N2CCC(N3CCCC3C)CC2)c1. The van der Waals surface area contributed by atoms with Crippen LogP contribution < -0.4 is 9.64 Å². The van der Waals surface area contributed by atoms with Gasteiger partial charge in [-0.2, -0.15) is 4.39 Å². The van der Waals surface area contributed by atoms with Crippen molar-refractivity contribution in [3.63, 3.8) is 0 Å². The highest BCUT2D eigenvalue weighted by Crippen LogP contribution is 2.37. The highest BCUT2D eigenvalue weighted by Gasteiger charge is 2.33. The zero-order valence-corrected chi connectivity index (χ0v) is 14.2. The maximum atomic E-state index is 14.1. The summed E-state index contributed by atoms with van der Waals surface area (Å²) in [7, 11) is 1.44. The van der Waals surface area contributed by atoms with Crippen molar-refractivity contribution in [3.8, 4) is 5.75 Å². The molecule has 0 spiro atoms. The molecule has 1 unspecified atom stereocenters. The van der Waals surface area contributed by atoms with E-state index in [-0.39, 0.29) is 0 Å². The van der Waals surface area contributed by atoms with Crippen LogP contribution in [0.4, 0.5) is 15.8 Å². The van der Waals surface area contributed by atoms with E-state index in [1.165, 1.54) is 20.0 Å². The molecule has 2 heterocycles. The minimum Gasteiger partial charge on any atom is -0.497 e. The van der Waals surface area contributed by atoms with Crippen LogP contribution in [0.3, 0.4) is 0 Å². The van der Waals surface area contributed by atoms with E-state index in [0.717, 1.165) is 25.5 Å². The predicted molar refractivity (Wildman–Crippen MR) is 90.2 cm³/mol. The molecular weight excluding hydrogens is 313 g/mol. The number of likely N-dealkylation sites (tertiary alicyclic amines) is 1. The molecule has 3 rings (SSSR count). The van der Waals surface area contributed by atoms with E-state index in [4.69, 9.17) is 4.74 Å². The summed E-state index contributed by atoms with van der Waals surface area (Å²) in [6, 6.07) is 3.78. The summed E-state index contributed by atoms with van der Waals surface area (Å²) in [4.78, 5) is 15.1. The molecule has 0 N–H and O–H groups in total. The number of ether oxygens (including phenoxy) is 1. The van der Waals surface area contributed by atoms with Crippen molar-refractivity contribution in [2.75, 3.05) is 31.6 Å². The summed E-state index contributed by atoms with van der Waals surface area (Å²) in [5.41, 5.74) is -0.131. The average molecular weight is 337 g/mol. The Morgan fingerprint density at radius 1 is 1.25 bits per heavy atom. The van der Waals surface area contributed by atoms with Crippen LogP contribution >= 0.6 is 0 Å². The number of nitro groups is 1. The van der Waals surface area contributed by atoms with Crippen molar-refractivity contribution in [2.45, 2.75) is 44.7 Å². The van der Waals surface area contributed by atoms with Gasteiger partial charge in [0.1, 0.15) is 11.4 Å². The normalized spacial score (nSPS) is 22.8. The van der Waals surface area contributed by atoms with Crippen LogP contribution in [0.1, 0.15) is 32.6 Å². The maximum Gasteiger partial charge on any atom is 0.328 e. The number of halogens is 1. The first-order chi connectivity index (χ1) is 11.5. The van der Waals surface area contributed by atoms with Crippen molar-refractivity contribution < 1.29 is 14.1 Å². The molecule has 0 amide bonds. The Kier molecular flexibility index (Phi) is 4.89. The van der Waals surface area contributed by atoms with Gasteiger partial charge in [0.15, 0.2) is 0 Å². The number of nitro benzene ring substituents is 1. The highest BCUT2D eigenvalue weighted by molar-refractivity contribution is 5.66. The number of hydrogen-bond acceptors (Lipinski definition) is 5. The van der Waals surface area contributed by atoms with Crippen LogP contribution in [0.2, 0.25) is 0 Å². The number of anilines is 1. The lowest BCUT2D eigenvalue weighted by Gasteiger charge is -2.39. The average Bonchev–Trinajstić information content (AvgIpc) is 2.99. The molecule has 2 aliphatic heterocycles. The quantitative estimate of drug-likeness (QED) is 0.624. The Balaban J connectivity index is 1.78. The van der Waals surface area contributed by atoms with E-state index in [0.29, 0.717) is 36.6 Å². The summed E-state index contributed by atoms with van der Waals surface area (Å²) in [6.07, 6.45) is 4.38. The molecule has 1 atom stereocenters. The van der Waals surface area contributed by atoms with Gasteiger partial charge in [-0.25, -0.2) is 0 Å². The predicted octanol–water partition coefficient (Wildman–Crippen LogP) is 3.20. The van der Waals surface area contributed by atoms with Gasteiger partial charge in [0.2, 0.25) is 5.82 Å². The molecule has 1 aromatic rings. The largest absolute Gasteiger partial charge is 0.497 e. The van der Waals surface area contributed by atoms with Gasteiger partial charge in [0.05, 0.1) is 12.0 Å². The van der Waals surface area contributed by atoms with Crippen LogP contribution in [0.5, 0.6) is 5.75 Å². The van der Waals surface area contributed by atoms with Crippen LogP contribution in [-0.2, 0) is 0 Å². The fourth-order valence-electron chi connectivity index (χ4n) is 4.04. The van der Waals surface area contributed by atoms with E-state index in [1.54, 1.807) is 6.07 Å². The van der Waals surface area contributed by atoms with E-state index in [9.17, 15) is 14.5 Å². The topological polar surface area (TPSA) is 58.9 Å². The minimum atomic E-state index is -0.843. The molecular formula is C17H24FN3O3. The second-order valence-electron chi connectivity index (χ2n) is 6.68. The molecule has 0 radical (unpaired) electrons. The molecule has 1 aromatic carbocycles. The molecule has 2 saturated heterocycles. The molecule has 24 heavy (non-hydrogen) atoms. The lowest BCUT2D eigenvalue weighted by Crippen LogP contribution is -2.46. The first kappa shape index (κ1) is 17.0. The maximum absolute atomic E-state index is 14.1. The smallest absolute Gasteiger partial charge is 0.328 e. The third kappa shape index (κ3) is 3.17. The van der Waals surface area contributed by atoms with Gasteiger partial charge in [-0.05, 0) is 39.2 Å². The number of methoxy groups -OCH3 is 1. The first-order valence-electron chi connectivity index (χ1n) is 8.54. The number of nitrogens with zero attached hydrogens (tertiary/aromatic N) is 3. The minimum absolute atomic E-state index is 0.309. The van der Waals surface area contributed by atoms with E-state index in [2.05, 4.69) is 11.8 Å². The molecule has 0 bridgehead atoms. The van der Waals surface area contributed by atoms with Crippen molar-refractivity contribution in [1.29, 1.82) is 0 Å². The van der Waals surface area contributed by atoms with Crippen LogP contribution in [0, 0.1) is 15.9 Å². The van der Waals surface area contributed by atoms with Crippen molar-refractivity contribution in [1.82, 2.24) is 4.90 Å². The van der Waals surface area contributed by atoms with Gasteiger partial charge in [0, 0.05) is 37.3 Å². The zero-order chi connectivity index (χ0) is 17.3. The lowest BCUT2D eigenvalue weighted by molar-refractivity contribution is -0.386. The van der Waals surface area contributed by atoms with Crippen molar-refractivity contribution in [3.05, 3.63) is 28.1 Å². The molecule has 0 saturated carbocycles. The third-order valence-electron chi connectivity index (χ3n) is 5.31. The van der Waals surface area contributed by atoms with Gasteiger partial charge >= 0.3 is 5.69 Å². The fourth-order valence-corrected chi connectivity index (χ4v) is 4.04. The molecule has 0 aromatic heterocycles. The lowest BCUT2D eigenvalue weighted by atomic mass is 10.0. The molecule has 2 aliphatic rings. The third-order valence-corrected chi connectivity index (χ3v) is 5.31. The first-order valence-corrected chi connectivity index (χ1v) is 8.54. The van der Waals surface area contributed by atoms with E-state index >= 15 is 0 Å². The van der Waals surface area contributed by atoms with Gasteiger partial charge in [-0.3, -0.25) is 15.0 Å². The molecule has 0 aliphatic carbocycles. The molecule has 7 heteroatoms. The molecule has 2 fully saturated rings. The van der Waals surface area contributed by atoms with Gasteiger partial charge in [-0.1, -0.05) is 0 Å². The molecule has 132 valence electrons. The Morgan fingerprint density at radius 3 is 2.50 bits per heavy atom. The number of hydrogen-bond donors (Lipinski definition) is 0. The van der Waals surface area contributed by atoms with Crippen molar-refractivity contribution in [2.24, 2.45) is 0 Å². The number of rotatable bonds is 4. The monoisotopic (exact) mass is 337 g/mol. The van der Waals surface area contributed by atoms with Crippen LogP contribution in [0.15, 0.2) is 12.1 Å². The van der Waals surface area contributed by atoms with Gasteiger partial charge in [0.25, 0.3) is 0 Å². The van der Waals surface area contributed by atoms with Crippen molar-refractivity contribution >= 4 is 11.4 Å². The second kappa shape index (κ2) is 6.93. The molecule has 6 nitrogen and oxygen atoms in total. The van der Waals surface area contributed by atoms with Gasteiger partial charge in [-0.15, -0.1) is 0 Å². The van der Waals surface area contributed by atoms with E-state index < -0.39 is 16.4 Å². The number of benzene rings is 1. The Hall–Kier alpha value is -1.89. The Bertz CT molecular complexity index is 617. The van der Waals surface area contributed by atoms with Crippen LogP contribution in [-0.4, -0.2) is 48.7 Å². The second-order valence-corrected chi connectivity index (χ2v) is 6.68. The van der Waals surface area contributed by atoms with Crippen LogP contribution in [0.25, 0.3) is 0 Å². The van der Waals surface area contributed by atoms with Gasteiger partial charge < -0.3 is 9.64 Å². The standard InChI is InChI=1S/C17H24FN3O3/c1-12-4-3-7-20(12)13-5-8-19(9-6-13)16-11-14(24-2)10-15(18)17(16)21(22)23/h10-13H,3-9H2,1-2H3. The summed E-state index contributed by atoms with van der Waals surface area (Å²) in [5.74, 6) is -0.534. The van der Waals surface area contributed by atoms with E-state index in [1.807, 2.05) is 4.90 Å². The number of piperidine rings is 1. The Labute approximate surface area is 141 Å². The summed E-state index contributed by atoms with van der Waals surface area (Å²) < 4.78 is 19.2. The highest BCUT2D eigenvalue weighted by atomic mass is 19.1. The fraction of sp³-hybridized carbons (Fsp3) is 0.647. The summed E-state index contributed by atoms with van der Waals surface area (Å²) in [5, 5.41) is 11.3. The summed E-state index contributed by atoms with van der Waals surface area (Å²) >= 11 is 0. The Morgan fingerprint density at radius 2 is 1.96 bits per heavy atom.